The first kappa shape index (κ1) is 10.3. The summed E-state index contributed by atoms with van der Waals surface area (Å²) < 4.78 is 5.60. The highest BCUT2D eigenvalue weighted by Crippen LogP contribution is 2.36. The van der Waals surface area contributed by atoms with Crippen molar-refractivity contribution in [2.75, 3.05) is 13.1 Å². The number of nitrogens with one attached hydrogen (secondary N) is 1. The molecule has 4 nitrogen and oxygen atoms in total. The number of rotatable bonds is 2. The third-order valence-electron chi connectivity index (χ3n) is 3.92. The van der Waals surface area contributed by atoms with Crippen LogP contribution in [0.15, 0.2) is 10.7 Å². The summed E-state index contributed by atoms with van der Waals surface area (Å²) in [4.78, 5) is 4.61. The second kappa shape index (κ2) is 3.86. The predicted molar refractivity (Wildman–Crippen MR) is 61.1 cm³/mol. The Labute approximate surface area is 95.6 Å². The highest BCUT2D eigenvalue weighted by Gasteiger charge is 2.36. The molecule has 16 heavy (non-hydrogen) atoms. The average molecular weight is 221 g/mol. The minimum atomic E-state index is -0.287. The molecule has 2 heterocycles. The summed E-state index contributed by atoms with van der Waals surface area (Å²) >= 11 is 0. The number of hydrogen-bond donors (Lipinski definition) is 2. The lowest BCUT2D eigenvalue weighted by molar-refractivity contribution is 0.335. The highest BCUT2D eigenvalue weighted by molar-refractivity contribution is 5.12. The van der Waals surface area contributed by atoms with E-state index in [1.54, 1.807) is 6.26 Å². The standard InChI is InChI=1S/C12H19N3O/c13-12(4-1-2-5-12)11-15-10(8-16-11)9-3-6-14-7-9/h8-9,14H,1-7,13H2. The van der Waals surface area contributed by atoms with E-state index >= 15 is 0 Å². The van der Waals surface area contributed by atoms with Crippen molar-refractivity contribution in [2.24, 2.45) is 5.73 Å². The Morgan fingerprint density at radius 2 is 2.25 bits per heavy atom. The van der Waals surface area contributed by atoms with Gasteiger partial charge in [0.05, 0.1) is 11.2 Å². The van der Waals surface area contributed by atoms with Gasteiger partial charge in [-0.05, 0) is 25.8 Å². The zero-order valence-electron chi connectivity index (χ0n) is 9.54. The van der Waals surface area contributed by atoms with Crippen molar-refractivity contribution in [3.63, 3.8) is 0 Å². The van der Waals surface area contributed by atoms with E-state index in [1.165, 1.54) is 12.8 Å². The van der Waals surface area contributed by atoms with Crippen molar-refractivity contribution in [3.8, 4) is 0 Å². The topological polar surface area (TPSA) is 64.1 Å². The summed E-state index contributed by atoms with van der Waals surface area (Å²) in [6, 6.07) is 0. The molecule has 0 amide bonds. The molecule has 3 N–H and O–H groups in total. The van der Waals surface area contributed by atoms with Crippen LogP contribution in [0.5, 0.6) is 0 Å². The van der Waals surface area contributed by atoms with E-state index in [2.05, 4.69) is 10.3 Å². The molecule has 88 valence electrons. The Hall–Kier alpha value is -0.870. The Morgan fingerprint density at radius 3 is 2.94 bits per heavy atom. The van der Waals surface area contributed by atoms with E-state index in [9.17, 15) is 0 Å². The van der Waals surface area contributed by atoms with Gasteiger partial charge in [0, 0.05) is 12.5 Å². The number of oxazole rings is 1. The van der Waals surface area contributed by atoms with Crippen LogP contribution in [0.3, 0.4) is 0 Å². The zero-order chi connectivity index (χ0) is 11.0. The van der Waals surface area contributed by atoms with E-state index in [0.29, 0.717) is 5.92 Å². The van der Waals surface area contributed by atoms with Gasteiger partial charge < -0.3 is 15.5 Å². The third kappa shape index (κ3) is 1.66. The lowest BCUT2D eigenvalue weighted by Crippen LogP contribution is -2.33. The largest absolute Gasteiger partial charge is 0.447 e. The summed E-state index contributed by atoms with van der Waals surface area (Å²) in [5.74, 6) is 1.27. The molecule has 4 heteroatoms. The molecule has 0 spiro atoms. The summed E-state index contributed by atoms with van der Waals surface area (Å²) in [7, 11) is 0. The third-order valence-corrected chi connectivity index (χ3v) is 3.92. The van der Waals surface area contributed by atoms with Crippen LogP contribution in [0.4, 0.5) is 0 Å². The monoisotopic (exact) mass is 221 g/mol. The normalized spacial score (nSPS) is 28.7. The molecule has 1 aliphatic carbocycles. The van der Waals surface area contributed by atoms with Crippen molar-refractivity contribution < 1.29 is 4.42 Å². The Balaban J connectivity index is 1.81. The molecule has 2 fully saturated rings. The fraction of sp³-hybridized carbons (Fsp3) is 0.750. The molecule has 1 saturated heterocycles. The molecule has 1 aromatic heterocycles. The van der Waals surface area contributed by atoms with Gasteiger partial charge in [0.15, 0.2) is 0 Å². The van der Waals surface area contributed by atoms with Crippen molar-refractivity contribution in [3.05, 3.63) is 17.8 Å². The number of nitrogens with two attached hydrogens (primary N) is 1. The number of hydrogen-bond acceptors (Lipinski definition) is 4. The molecule has 1 unspecified atom stereocenters. The Bertz CT molecular complexity index is 362. The van der Waals surface area contributed by atoms with Gasteiger partial charge in [0.25, 0.3) is 0 Å². The predicted octanol–water partition coefficient (Wildman–Crippen LogP) is 1.48. The molecular weight excluding hydrogens is 202 g/mol. The van der Waals surface area contributed by atoms with E-state index in [0.717, 1.165) is 43.9 Å². The molecule has 1 aromatic rings. The minimum absolute atomic E-state index is 0.287. The van der Waals surface area contributed by atoms with E-state index in [4.69, 9.17) is 10.2 Å². The fourth-order valence-corrected chi connectivity index (χ4v) is 2.83. The van der Waals surface area contributed by atoms with Gasteiger partial charge in [-0.3, -0.25) is 0 Å². The molecule has 0 bridgehead atoms. The Kier molecular flexibility index (Phi) is 2.48. The van der Waals surface area contributed by atoms with E-state index in [-0.39, 0.29) is 5.54 Å². The summed E-state index contributed by atoms with van der Waals surface area (Å²) in [5.41, 5.74) is 7.11. The second-order valence-corrected chi connectivity index (χ2v) is 5.13. The SMILES string of the molecule is NC1(c2nc(C3CCNC3)co2)CCCC1. The molecular formula is C12H19N3O. The molecule has 1 saturated carbocycles. The van der Waals surface area contributed by atoms with Crippen molar-refractivity contribution in [2.45, 2.75) is 43.6 Å². The van der Waals surface area contributed by atoms with Gasteiger partial charge in [0.1, 0.15) is 6.26 Å². The average Bonchev–Trinajstić information content (AvgIpc) is 2.98. The van der Waals surface area contributed by atoms with Crippen LogP contribution < -0.4 is 11.1 Å². The van der Waals surface area contributed by atoms with Crippen LogP contribution >= 0.6 is 0 Å². The molecule has 1 atom stereocenters. The van der Waals surface area contributed by atoms with Crippen molar-refractivity contribution >= 4 is 0 Å². The Morgan fingerprint density at radius 1 is 1.44 bits per heavy atom. The van der Waals surface area contributed by atoms with Crippen LogP contribution in [0, 0.1) is 0 Å². The van der Waals surface area contributed by atoms with Gasteiger partial charge in [-0.25, -0.2) is 4.98 Å². The number of aromatic nitrogens is 1. The lowest BCUT2D eigenvalue weighted by Gasteiger charge is -2.18. The van der Waals surface area contributed by atoms with Crippen LogP contribution in [0.25, 0.3) is 0 Å². The quantitative estimate of drug-likeness (QED) is 0.794. The van der Waals surface area contributed by atoms with Gasteiger partial charge in [-0.2, -0.15) is 0 Å². The zero-order valence-corrected chi connectivity index (χ0v) is 9.54. The maximum Gasteiger partial charge on any atom is 0.214 e. The van der Waals surface area contributed by atoms with Gasteiger partial charge in [-0.1, -0.05) is 12.8 Å². The molecule has 1 aliphatic heterocycles. The first-order valence-corrected chi connectivity index (χ1v) is 6.23. The van der Waals surface area contributed by atoms with Crippen LogP contribution in [-0.4, -0.2) is 18.1 Å². The summed E-state index contributed by atoms with van der Waals surface area (Å²) in [6.45, 7) is 2.10. The van der Waals surface area contributed by atoms with E-state index < -0.39 is 0 Å². The second-order valence-electron chi connectivity index (χ2n) is 5.13. The van der Waals surface area contributed by atoms with Crippen molar-refractivity contribution in [1.29, 1.82) is 0 Å². The minimum Gasteiger partial charge on any atom is -0.447 e. The van der Waals surface area contributed by atoms with Crippen LogP contribution in [0.2, 0.25) is 0 Å². The molecule has 0 aromatic carbocycles. The maximum atomic E-state index is 6.32. The molecule has 0 radical (unpaired) electrons. The lowest BCUT2D eigenvalue weighted by atomic mass is 9.99. The summed E-state index contributed by atoms with van der Waals surface area (Å²) in [5, 5.41) is 3.35. The maximum absolute atomic E-state index is 6.32. The molecule has 3 rings (SSSR count). The highest BCUT2D eigenvalue weighted by atomic mass is 16.3. The summed E-state index contributed by atoms with van der Waals surface area (Å²) in [6.07, 6.45) is 7.37. The first-order chi connectivity index (χ1) is 7.78. The van der Waals surface area contributed by atoms with Gasteiger partial charge in [0.2, 0.25) is 5.89 Å². The van der Waals surface area contributed by atoms with Gasteiger partial charge >= 0.3 is 0 Å². The molecule has 2 aliphatic rings. The first-order valence-electron chi connectivity index (χ1n) is 6.23. The van der Waals surface area contributed by atoms with Crippen LogP contribution in [-0.2, 0) is 5.54 Å². The van der Waals surface area contributed by atoms with Crippen molar-refractivity contribution in [1.82, 2.24) is 10.3 Å². The van der Waals surface area contributed by atoms with E-state index in [1.807, 2.05) is 0 Å². The smallest absolute Gasteiger partial charge is 0.214 e. The van der Waals surface area contributed by atoms with Gasteiger partial charge in [-0.15, -0.1) is 0 Å². The number of nitrogens with zero attached hydrogens (tertiary/aromatic N) is 1. The van der Waals surface area contributed by atoms with Crippen LogP contribution in [0.1, 0.15) is 49.6 Å². The fourth-order valence-electron chi connectivity index (χ4n) is 2.83.